The Kier molecular flexibility index (Phi) is 6.69. The molecule has 1 atom stereocenters. The van der Waals surface area contributed by atoms with Gasteiger partial charge in [0.25, 0.3) is 0 Å². The molecule has 5 nitrogen and oxygen atoms in total. The lowest BCUT2D eigenvalue weighted by Crippen LogP contribution is -2.33. The second-order valence-corrected chi connectivity index (χ2v) is 5.09. The molecule has 2 aromatic rings. The topological polar surface area (TPSA) is 70.6 Å². The highest BCUT2D eigenvalue weighted by Crippen LogP contribution is 2.18. The molecule has 0 heterocycles. The summed E-state index contributed by atoms with van der Waals surface area (Å²) in [6, 6.07) is 15.9. The van der Waals surface area contributed by atoms with Crippen molar-refractivity contribution >= 4 is 11.7 Å². The fourth-order valence-electron chi connectivity index (χ4n) is 2.22. The maximum Gasteiger partial charge on any atom is 0.319 e. The van der Waals surface area contributed by atoms with E-state index in [0.717, 1.165) is 5.56 Å². The summed E-state index contributed by atoms with van der Waals surface area (Å²) in [5.41, 5.74) is 1.58. The van der Waals surface area contributed by atoms with E-state index in [2.05, 4.69) is 16.6 Å². The van der Waals surface area contributed by atoms with Crippen molar-refractivity contribution in [2.24, 2.45) is 0 Å². The summed E-state index contributed by atoms with van der Waals surface area (Å²) in [4.78, 5) is 12.2. The van der Waals surface area contributed by atoms with Gasteiger partial charge in [-0.05, 0) is 36.2 Å². The number of aliphatic hydroxyl groups is 1. The average Bonchev–Trinajstić information content (AvgIpc) is 2.61. The number of ether oxygens (including phenoxy) is 1. The summed E-state index contributed by atoms with van der Waals surface area (Å²) < 4.78 is 5.28. The van der Waals surface area contributed by atoms with E-state index in [1.807, 2.05) is 30.3 Å². The summed E-state index contributed by atoms with van der Waals surface area (Å²) in [5.74, 6) is 3.03. The van der Waals surface area contributed by atoms with Gasteiger partial charge in [0, 0.05) is 12.3 Å². The quantitative estimate of drug-likeness (QED) is 0.686. The van der Waals surface area contributed by atoms with Crippen LogP contribution in [0.25, 0.3) is 0 Å². The van der Waals surface area contributed by atoms with Crippen LogP contribution in [0.2, 0.25) is 0 Å². The first-order valence-electron chi connectivity index (χ1n) is 7.62. The number of carbonyl (C=O) groups is 1. The molecule has 0 aliphatic carbocycles. The summed E-state index contributed by atoms with van der Waals surface area (Å²) in [7, 11) is 0. The molecule has 0 spiro atoms. The standard InChI is InChI=1S/C19H20N2O3/c1-2-14-24-17-10-8-16(9-11-17)20-19(23)21-18(12-13-22)15-6-4-3-5-7-15/h1,3-11,18,22H,12-14H2,(H2,20,21,23)/t18-/m1/s1. The molecule has 0 aliphatic rings. The molecular weight excluding hydrogens is 304 g/mol. The second kappa shape index (κ2) is 9.23. The molecule has 2 amide bonds. The van der Waals surface area contributed by atoms with E-state index in [1.165, 1.54) is 0 Å². The van der Waals surface area contributed by atoms with Gasteiger partial charge < -0.3 is 20.5 Å². The molecule has 0 saturated heterocycles. The van der Waals surface area contributed by atoms with Gasteiger partial charge in [-0.2, -0.15) is 0 Å². The minimum absolute atomic E-state index is 0.0128. The first-order valence-corrected chi connectivity index (χ1v) is 7.62. The van der Waals surface area contributed by atoms with Gasteiger partial charge in [-0.25, -0.2) is 4.79 Å². The first-order chi connectivity index (χ1) is 11.7. The van der Waals surface area contributed by atoms with Gasteiger partial charge in [-0.3, -0.25) is 0 Å². The molecule has 2 rings (SSSR count). The Morgan fingerprint density at radius 1 is 1.17 bits per heavy atom. The molecule has 3 N–H and O–H groups in total. The Hall–Kier alpha value is -2.97. The monoisotopic (exact) mass is 324 g/mol. The van der Waals surface area contributed by atoms with Crippen LogP contribution in [-0.4, -0.2) is 24.4 Å². The molecule has 0 radical (unpaired) electrons. The van der Waals surface area contributed by atoms with E-state index in [9.17, 15) is 9.90 Å². The van der Waals surface area contributed by atoms with Crippen LogP contribution >= 0.6 is 0 Å². The Balaban J connectivity index is 1.94. The lowest BCUT2D eigenvalue weighted by atomic mass is 10.0. The molecule has 0 fully saturated rings. The minimum Gasteiger partial charge on any atom is -0.481 e. The predicted octanol–water partition coefficient (Wildman–Crippen LogP) is 2.94. The van der Waals surface area contributed by atoms with Gasteiger partial charge in [0.2, 0.25) is 0 Å². The Labute approximate surface area is 141 Å². The smallest absolute Gasteiger partial charge is 0.319 e. The number of rotatable bonds is 7. The largest absolute Gasteiger partial charge is 0.481 e. The van der Waals surface area contributed by atoms with Crippen LogP contribution in [-0.2, 0) is 0 Å². The van der Waals surface area contributed by atoms with Crippen molar-refractivity contribution in [3.8, 4) is 18.1 Å². The van der Waals surface area contributed by atoms with Crippen molar-refractivity contribution in [2.75, 3.05) is 18.5 Å². The molecule has 0 saturated carbocycles. The molecule has 0 unspecified atom stereocenters. The lowest BCUT2D eigenvalue weighted by molar-refractivity contribution is 0.239. The summed E-state index contributed by atoms with van der Waals surface area (Å²) >= 11 is 0. The molecule has 124 valence electrons. The number of amides is 2. The highest BCUT2D eigenvalue weighted by Gasteiger charge is 2.13. The average molecular weight is 324 g/mol. The lowest BCUT2D eigenvalue weighted by Gasteiger charge is -2.18. The highest BCUT2D eigenvalue weighted by atomic mass is 16.5. The van der Waals surface area contributed by atoms with Crippen LogP contribution in [0.3, 0.4) is 0 Å². The normalized spacial score (nSPS) is 11.2. The maximum absolute atomic E-state index is 12.2. The summed E-state index contributed by atoms with van der Waals surface area (Å²) in [5, 5.41) is 14.8. The number of benzene rings is 2. The molecule has 5 heteroatoms. The zero-order valence-electron chi connectivity index (χ0n) is 13.2. The number of hydrogen-bond donors (Lipinski definition) is 3. The van der Waals surface area contributed by atoms with Gasteiger partial charge in [-0.15, -0.1) is 6.42 Å². The molecule has 24 heavy (non-hydrogen) atoms. The van der Waals surface area contributed by atoms with E-state index < -0.39 is 0 Å². The SMILES string of the molecule is C#CCOc1ccc(NC(=O)N[C@H](CCO)c2ccccc2)cc1. The van der Waals surface area contributed by atoms with Crippen LogP contribution < -0.4 is 15.4 Å². The molecule has 0 aliphatic heterocycles. The van der Waals surface area contributed by atoms with Gasteiger partial charge in [-0.1, -0.05) is 36.3 Å². The number of urea groups is 1. The Morgan fingerprint density at radius 2 is 1.88 bits per heavy atom. The number of aliphatic hydroxyl groups excluding tert-OH is 1. The summed E-state index contributed by atoms with van der Waals surface area (Å²) in [6.07, 6.45) is 5.57. The van der Waals surface area contributed by atoms with Crippen LogP contribution in [0, 0.1) is 12.3 Å². The van der Waals surface area contributed by atoms with Gasteiger partial charge >= 0.3 is 6.03 Å². The maximum atomic E-state index is 12.2. The van der Waals surface area contributed by atoms with Crippen molar-refractivity contribution in [3.63, 3.8) is 0 Å². The molecular formula is C19H20N2O3. The number of carbonyl (C=O) groups excluding carboxylic acids is 1. The number of nitrogens with one attached hydrogen (secondary N) is 2. The van der Waals surface area contributed by atoms with Crippen LogP contribution in [0.15, 0.2) is 54.6 Å². The van der Waals surface area contributed by atoms with E-state index in [4.69, 9.17) is 11.2 Å². The van der Waals surface area contributed by atoms with Gasteiger partial charge in [0.05, 0.1) is 6.04 Å². The minimum atomic E-state index is -0.338. The zero-order chi connectivity index (χ0) is 17.2. The van der Waals surface area contributed by atoms with E-state index in [1.54, 1.807) is 24.3 Å². The zero-order valence-corrected chi connectivity index (χ0v) is 13.2. The van der Waals surface area contributed by atoms with Crippen molar-refractivity contribution in [2.45, 2.75) is 12.5 Å². The van der Waals surface area contributed by atoms with Crippen molar-refractivity contribution in [1.82, 2.24) is 5.32 Å². The third-order valence-electron chi connectivity index (χ3n) is 3.36. The summed E-state index contributed by atoms with van der Waals surface area (Å²) in [6.45, 7) is 0.189. The molecule has 0 aromatic heterocycles. The number of hydrogen-bond acceptors (Lipinski definition) is 3. The third-order valence-corrected chi connectivity index (χ3v) is 3.36. The third kappa shape index (κ3) is 5.34. The van der Waals surface area contributed by atoms with E-state index >= 15 is 0 Å². The van der Waals surface area contributed by atoms with Crippen LogP contribution in [0.5, 0.6) is 5.75 Å². The molecule has 2 aromatic carbocycles. The van der Waals surface area contributed by atoms with Crippen LogP contribution in [0.1, 0.15) is 18.0 Å². The number of terminal acetylenes is 1. The fraction of sp³-hybridized carbons (Fsp3) is 0.211. The fourth-order valence-corrected chi connectivity index (χ4v) is 2.22. The Morgan fingerprint density at radius 3 is 2.50 bits per heavy atom. The second-order valence-electron chi connectivity index (χ2n) is 5.09. The van der Waals surface area contributed by atoms with Crippen molar-refractivity contribution < 1.29 is 14.6 Å². The van der Waals surface area contributed by atoms with Gasteiger partial charge in [0.1, 0.15) is 12.4 Å². The van der Waals surface area contributed by atoms with Crippen LogP contribution in [0.4, 0.5) is 10.5 Å². The first kappa shape index (κ1) is 17.4. The van der Waals surface area contributed by atoms with Gasteiger partial charge in [0.15, 0.2) is 0 Å². The van der Waals surface area contributed by atoms with Crippen molar-refractivity contribution in [3.05, 3.63) is 60.2 Å². The van der Waals surface area contributed by atoms with Crippen molar-refractivity contribution in [1.29, 1.82) is 0 Å². The molecule has 0 bridgehead atoms. The van der Waals surface area contributed by atoms with E-state index in [-0.39, 0.29) is 25.3 Å². The predicted molar refractivity (Wildman–Crippen MR) is 93.8 cm³/mol. The highest BCUT2D eigenvalue weighted by molar-refractivity contribution is 5.89. The Bertz CT molecular complexity index is 678. The van der Waals surface area contributed by atoms with E-state index in [0.29, 0.717) is 17.9 Å². The number of anilines is 1.